The predicted octanol–water partition coefficient (Wildman–Crippen LogP) is 2.30. The summed E-state index contributed by atoms with van der Waals surface area (Å²) in [4.78, 5) is 11.5. The lowest BCUT2D eigenvalue weighted by atomic mass is 10.0. The van der Waals surface area contributed by atoms with Gasteiger partial charge in [0.2, 0.25) is 0 Å². The molecular weight excluding hydrogens is 200 g/mol. The summed E-state index contributed by atoms with van der Waals surface area (Å²) in [6, 6.07) is 5.33. The highest BCUT2D eigenvalue weighted by molar-refractivity contribution is 6.19. The number of alkyl halides is 1. The van der Waals surface area contributed by atoms with Gasteiger partial charge in [0.25, 0.3) is 0 Å². The van der Waals surface area contributed by atoms with Gasteiger partial charge in [0, 0.05) is 17.9 Å². The Balaban J connectivity index is 2.94. The number of carbonyl (C=O) groups is 1. The molecule has 1 N–H and O–H groups in total. The number of ketones is 1. The van der Waals surface area contributed by atoms with Gasteiger partial charge in [-0.15, -0.1) is 11.6 Å². The van der Waals surface area contributed by atoms with Gasteiger partial charge < -0.3 is 5.11 Å². The van der Waals surface area contributed by atoms with E-state index in [4.69, 9.17) is 16.7 Å². The molecule has 2 nitrogen and oxygen atoms in total. The fraction of sp³-hybridized carbons (Fsp3) is 0.364. The number of Topliss-reactive ketones (excluding diaryl/α,β-unsaturated/α-hetero) is 1. The minimum atomic E-state index is 0.00478. The fourth-order valence-electron chi connectivity index (χ4n) is 1.36. The first-order valence-electron chi connectivity index (χ1n) is 4.48. The summed E-state index contributed by atoms with van der Waals surface area (Å²) in [5.74, 6) is 0.405. The first-order chi connectivity index (χ1) is 6.69. The molecule has 0 aromatic heterocycles. The number of carbonyl (C=O) groups excluding carboxylic acids is 1. The maximum atomic E-state index is 11.5. The van der Waals surface area contributed by atoms with E-state index in [0.717, 1.165) is 11.1 Å². The highest BCUT2D eigenvalue weighted by atomic mass is 35.5. The van der Waals surface area contributed by atoms with Crippen LogP contribution < -0.4 is 0 Å². The van der Waals surface area contributed by atoms with Crippen LogP contribution >= 0.6 is 11.6 Å². The zero-order chi connectivity index (χ0) is 10.6. The van der Waals surface area contributed by atoms with E-state index in [1.165, 1.54) is 0 Å². The summed E-state index contributed by atoms with van der Waals surface area (Å²) < 4.78 is 0. The van der Waals surface area contributed by atoms with Crippen LogP contribution in [0.2, 0.25) is 0 Å². The molecule has 0 unspecified atom stereocenters. The number of hydrogen-bond donors (Lipinski definition) is 1. The highest BCUT2D eigenvalue weighted by Crippen LogP contribution is 2.13. The molecule has 0 aliphatic rings. The molecule has 0 fully saturated rings. The van der Waals surface area contributed by atoms with Crippen LogP contribution in [0.15, 0.2) is 18.2 Å². The first kappa shape index (κ1) is 11.2. The number of aliphatic hydroxyl groups is 1. The van der Waals surface area contributed by atoms with Crippen LogP contribution in [0.4, 0.5) is 0 Å². The average molecular weight is 213 g/mol. The van der Waals surface area contributed by atoms with Gasteiger partial charge in [-0.3, -0.25) is 4.79 Å². The molecule has 0 saturated heterocycles. The molecule has 0 saturated carbocycles. The van der Waals surface area contributed by atoms with E-state index in [1.807, 2.05) is 13.0 Å². The number of aliphatic hydroxyl groups excluding tert-OH is 1. The third kappa shape index (κ3) is 2.56. The van der Waals surface area contributed by atoms with Gasteiger partial charge in [-0.05, 0) is 18.1 Å². The summed E-state index contributed by atoms with van der Waals surface area (Å²) in [6.45, 7) is 1.87. The van der Waals surface area contributed by atoms with Crippen molar-refractivity contribution in [1.82, 2.24) is 0 Å². The van der Waals surface area contributed by atoms with Crippen molar-refractivity contribution in [2.75, 3.05) is 5.88 Å². The van der Waals surface area contributed by atoms with Crippen molar-refractivity contribution in [3.05, 3.63) is 34.9 Å². The summed E-state index contributed by atoms with van der Waals surface area (Å²) in [5.41, 5.74) is 2.42. The quantitative estimate of drug-likeness (QED) is 0.614. The Hall–Kier alpha value is -0.860. The third-order valence-electron chi connectivity index (χ3n) is 2.10. The first-order valence-corrected chi connectivity index (χ1v) is 5.02. The molecule has 1 aromatic carbocycles. The Morgan fingerprint density at radius 2 is 2.21 bits per heavy atom. The van der Waals surface area contributed by atoms with Crippen molar-refractivity contribution in [3.63, 3.8) is 0 Å². The number of aryl methyl sites for hydroxylation is 1. The minimum absolute atomic E-state index is 0.00478. The molecule has 0 bridgehead atoms. The van der Waals surface area contributed by atoms with E-state index in [-0.39, 0.29) is 12.4 Å². The third-order valence-corrected chi connectivity index (χ3v) is 2.28. The molecular formula is C11H13ClO2. The van der Waals surface area contributed by atoms with Gasteiger partial charge in [-0.2, -0.15) is 0 Å². The predicted molar refractivity (Wildman–Crippen MR) is 56.8 cm³/mol. The zero-order valence-corrected chi connectivity index (χ0v) is 8.84. The van der Waals surface area contributed by atoms with Crippen molar-refractivity contribution in [1.29, 1.82) is 0 Å². The molecule has 0 aliphatic heterocycles. The average Bonchev–Trinajstić information content (AvgIpc) is 2.17. The highest BCUT2D eigenvalue weighted by Gasteiger charge is 2.08. The molecule has 0 spiro atoms. The lowest BCUT2D eigenvalue weighted by Gasteiger charge is -2.05. The Bertz CT molecular complexity index is 334. The fourth-order valence-corrected chi connectivity index (χ4v) is 1.53. The molecule has 0 amide bonds. The van der Waals surface area contributed by atoms with Gasteiger partial charge in [0.15, 0.2) is 5.78 Å². The maximum Gasteiger partial charge on any atom is 0.164 e. The van der Waals surface area contributed by atoms with Crippen LogP contribution in [0.3, 0.4) is 0 Å². The summed E-state index contributed by atoms with van der Waals surface area (Å²) in [6.07, 6.45) is 0.362. The largest absolute Gasteiger partial charge is 0.392 e. The van der Waals surface area contributed by atoms with E-state index < -0.39 is 0 Å². The molecule has 0 atom stereocenters. The van der Waals surface area contributed by atoms with Crippen LogP contribution in [-0.2, 0) is 6.61 Å². The van der Waals surface area contributed by atoms with Gasteiger partial charge in [0.1, 0.15) is 0 Å². The molecule has 3 heteroatoms. The van der Waals surface area contributed by atoms with Crippen LogP contribution in [0, 0.1) is 6.92 Å². The monoisotopic (exact) mass is 212 g/mol. The molecule has 1 aromatic rings. The maximum absolute atomic E-state index is 11.5. The normalized spacial score (nSPS) is 10.2. The lowest BCUT2D eigenvalue weighted by molar-refractivity contribution is 0.0988. The Morgan fingerprint density at radius 3 is 2.71 bits per heavy atom. The van der Waals surface area contributed by atoms with Crippen LogP contribution in [-0.4, -0.2) is 16.8 Å². The van der Waals surface area contributed by atoms with E-state index >= 15 is 0 Å². The zero-order valence-electron chi connectivity index (χ0n) is 8.09. The van der Waals surface area contributed by atoms with Crippen LogP contribution in [0.5, 0.6) is 0 Å². The van der Waals surface area contributed by atoms with Crippen molar-refractivity contribution >= 4 is 17.4 Å². The Morgan fingerprint density at radius 1 is 1.50 bits per heavy atom. The van der Waals surface area contributed by atoms with Crippen molar-refractivity contribution in [2.24, 2.45) is 0 Å². The molecule has 1 rings (SSSR count). The number of halogens is 1. The number of rotatable bonds is 4. The van der Waals surface area contributed by atoms with Crippen molar-refractivity contribution in [3.8, 4) is 0 Å². The van der Waals surface area contributed by atoms with Gasteiger partial charge in [-0.1, -0.05) is 18.2 Å². The Labute approximate surface area is 88.5 Å². The number of hydrogen-bond acceptors (Lipinski definition) is 2. The smallest absolute Gasteiger partial charge is 0.164 e. The minimum Gasteiger partial charge on any atom is -0.392 e. The summed E-state index contributed by atoms with van der Waals surface area (Å²) in [7, 11) is 0. The molecule has 0 aliphatic carbocycles. The molecule has 14 heavy (non-hydrogen) atoms. The van der Waals surface area contributed by atoms with E-state index in [9.17, 15) is 4.79 Å². The second kappa shape index (κ2) is 5.13. The van der Waals surface area contributed by atoms with Gasteiger partial charge in [-0.25, -0.2) is 0 Å². The van der Waals surface area contributed by atoms with Crippen LogP contribution in [0.1, 0.15) is 27.9 Å². The van der Waals surface area contributed by atoms with Crippen molar-refractivity contribution in [2.45, 2.75) is 20.0 Å². The molecule has 76 valence electrons. The summed E-state index contributed by atoms with van der Waals surface area (Å²) >= 11 is 5.50. The second-order valence-electron chi connectivity index (χ2n) is 3.17. The van der Waals surface area contributed by atoms with Crippen molar-refractivity contribution < 1.29 is 9.90 Å². The van der Waals surface area contributed by atoms with Gasteiger partial charge >= 0.3 is 0 Å². The standard InChI is InChI=1S/C11H13ClO2/c1-8-6-9(7-13)2-3-10(8)11(14)4-5-12/h2-3,6,13H,4-5,7H2,1H3. The lowest BCUT2D eigenvalue weighted by Crippen LogP contribution is -2.03. The SMILES string of the molecule is Cc1cc(CO)ccc1C(=O)CCCl. The van der Waals surface area contributed by atoms with E-state index in [2.05, 4.69) is 0 Å². The molecule has 0 radical (unpaired) electrons. The molecule has 0 heterocycles. The van der Waals surface area contributed by atoms with E-state index in [1.54, 1.807) is 12.1 Å². The number of benzene rings is 1. The second-order valence-corrected chi connectivity index (χ2v) is 3.55. The topological polar surface area (TPSA) is 37.3 Å². The van der Waals surface area contributed by atoms with Gasteiger partial charge in [0.05, 0.1) is 6.61 Å². The van der Waals surface area contributed by atoms with E-state index in [0.29, 0.717) is 17.9 Å². The summed E-state index contributed by atoms with van der Waals surface area (Å²) in [5, 5.41) is 8.89. The van der Waals surface area contributed by atoms with Crippen LogP contribution in [0.25, 0.3) is 0 Å². The Kier molecular flexibility index (Phi) is 4.11.